The third-order valence-corrected chi connectivity index (χ3v) is 6.66. The first-order valence-corrected chi connectivity index (χ1v) is 10.5. The first kappa shape index (κ1) is 18.7. The van der Waals surface area contributed by atoms with E-state index in [1.807, 2.05) is 30.3 Å². The molecule has 0 fully saturated rings. The molecule has 3 aromatic rings. The number of carbonyl (C=O) groups excluding carboxylic acids is 1. The fourth-order valence-electron chi connectivity index (χ4n) is 3.97. The van der Waals surface area contributed by atoms with Gasteiger partial charge in [-0.15, -0.1) is 11.3 Å². The molecule has 0 radical (unpaired) electrons. The van der Waals surface area contributed by atoms with Crippen LogP contribution in [-0.4, -0.2) is 15.0 Å². The summed E-state index contributed by atoms with van der Waals surface area (Å²) in [5.41, 5.74) is 6.83. The van der Waals surface area contributed by atoms with E-state index in [-0.39, 0.29) is 18.6 Å². The normalized spacial score (nSPS) is 14.0. The first-order valence-electron chi connectivity index (χ1n) is 9.66. The number of fused-ring (bicyclic) bond motifs is 3. The van der Waals surface area contributed by atoms with Crippen LogP contribution in [0.5, 0.6) is 0 Å². The summed E-state index contributed by atoms with van der Waals surface area (Å²) in [7, 11) is 0. The van der Waals surface area contributed by atoms with Gasteiger partial charge in [0, 0.05) is 11.4 Å². The number of thiophene rings is 1. The smallest absolute Gasteiger partial charge is 0.332 e. The Morgan fingerprint density at radius 3 is 2.54 bits per heavy atom. The molecule has 28 heavy (non-hydrogen) atoms. The summed E-state index contributed by atoms with van der Waals surface area (Å²) in [5.74, 6) is -0.583. The Bertz CT molecular complexity index is 1140. The molecule has 1 aliphatic carbocycles. The number of carbonyl (C=O) groups is 1. The molecule has 1 aliphatic rings. The number of hydrogen-bond donors (Lipinski definition) is 1. The van der Waals surface area contributed by atoms with Gasteiger partial charge in [-0.05, 0) is 43.2 Å². The molecule has 0 saturated carbocycles. The van der Waals surface area contributed by atoms with Crippen LogP contribution in [0, 0.1) is 0 Å². The van der Waals surface area contributed by atoms with Crippen LogP contribution in [0.4, 0.5) is 0 Å². The minimum atomic E-state index is -0.583. The topological polar surface area (TPSA) is 87.1 Å². The van der Waals surface area contributed by atoms with Crippen molar-refractivity contribution in [1.82, 2.24) is 9.13 Å². The minimum Gasteiger partial charge on any atom is -0.368 e. The van der Waals surface area contributed by atoms with Crippen molar-refractivity contribution in [3.63, 3.8) is 0 Å². The quantitative estimate of drug-likeness (QED) is 0.670. The summed E-state index contributed by atoms with van der Waals surface area (Å²) in [6.45, 7) is 0.0708. The van der Waals surface area contributed by atoms with E-state index in [1.54, 1.807) is 0 Å². The number of hydrogen-bond acceptors (Lipinski definition) is 4. The van der Waals surface area contributed by atoms with Crippen molar-refractivity contribution in [2.24, 2.45) is 5.73 Å². The van der Waals surface area contributed by atoms with Crippen LogP contribution in [0.15, 0.2) is 39.9 Å². The van der Waals surface area contributed by atoms with Gasteiger partial charge < -0.3 is 5.73 Å². The third kappa shape index (κ3) is 3.42. The highest BCUT2D eigenvalue weighted by Crippen LogP contribution is 2.33. The maximum absolute atomic E-state index is 13.3. The summed E-state index contributed by atoms with van der Waals surface area (Å²) >= 11 is 1.48. The molecule has 0 unspecified atom stereocenters. The SMILES string of the molecule is NC(=O)Cn1c(=O)n(CCc2ccccc2)c(=O)c2c3c(sc21)CCCCC3. The van der Waals surface area contributed by atoms with E-state index in [2.05, 4.69) is 0 Å². The zero-order chi connectivity index (χ0) is 19.7. The molecule has 0 saturated heterocycles. The van der Waals surface area contributed by atoms with Gasteiger partial charge in [0.2, 0.25) is 5.91 Å². The molecule has 4 rings (SSSR count). The van der Waals surface area contributed by atoms with Gasteiger partial charge in [-0.3, -0.25) is 18.7 Å². The van der Waals surface area contributed by atoms with E-state index < -0.39 is 11.6 Å². The lowest BCUT2D eigenvalue weighted by Gasteiger charge is -2.11. The number of primary amides is 1. The van der Waals surface area contributed by atoms with E-state index in [4.69, 9.17) is 5.73 Å². The molecule has 2 heterocycles. The van der Waals surface area contributed by atoms with E-state index in [1.165, 1.54) is 25.3 Å². The zero-order valence-electron chi connectivity index (χ0n) is 15.6. The largest absolute Gasteiger partial charge is 0.368 e. The Balaban J connectivity index is 1.88. The second-order valence-corrected chi connectivity index (χ2v) is 8.36. The highest BCUT2D eigenvalue weighted by Gasteiger charge is 2.23. The summed E-state index contributed by atoms with van der Waals surface area (Å²) < 4.78 is 2.67. The third-order valence-electron chi connectivity index (χ3n) is 5.35. The number of aryl methyl sites for hydroxylation is 3. The van der Waals surface area contributed by atoms with Crippen molar-refractivity contribution in [1.29, 1.82) is 0 Å². The Kier molecular flexibility index (Phi) is 5.17. The molecular formula is C21H23N3O3S. The summed E-state index contributed by atoms with van der Waals surface area (Å²) in [5, 5.41) is 0.607. The Morgan fingerprint density at radius 2 is 1.79 bits per heavy atom. The number of amides is 1. The van der Waals surface area contributed by atoms with Gasteiger partial charge in [0.1, 0.15) is 11.4 Å². The number of aromatic nitrogens is 2. The van der Waals surface area contributed by atoms with Crippen molar-refractivity contribution in [3.05, 3.63) is 67.2 Å². The molecule has 0 spiro atoms. The average Bonchev–Trinajstić information content (AvgIpc) is 2.88. The van der Waals surface area contributed by atoms with E-state index in [0.29, 0.717) is 16.6 Å². The van der Waals surface area contributed by atoms with Crippen LogP contribution in [0.25, 0.3) is 10.2 Å². The van der Waals surface area contributed by atoms with Gasteiger partial charge in [-0.1, -0.05) is 36.8 Å². The Hall–Kier alpha value is -2.67. The van der Waals surface area contributed by atoms with Crippen molar-refractivity contribution in [3.8, 4) is 0 Å². The monoisotopic (exact) mass is 397 g/mol. The predicted molar refractivity (Wildman–Crippen MR) is 111 cm³/mol. The van der Waals surface area contributed by atoms with Crippen LogP contribution in [0.1, 0.15) is 35.3 Å². The maximum atomic E-state index is 13.3. The summed E-state index contributed by atoms with van der Waals surface area (Å²) in [6, 6.07) is 9.75. The van der Waals surface area contributed by atoms with E-state index >= 15 is 0 Å². The van der Waals surface area contributed by atoms with Crippen molar-refractivity contribution < 1.29 is 4.79 Å². The summed E-state index contributed by atoms with van der Waals surface area (Å²) in [4.78, 5) is 39.7. The van der Waals surface area contributed by atoms with Crippen molar-refractivity contribution >= 4 is 27.5 Å². The lowest BCUT2D eigenvalue weighted by atomic mass is 10.1. The predicted octanol–water partition coefficient (Wildman–Crippen LogP) is 2.22. The molecule has 0 bridgehead atoms. The standard InChI is InChI=1S/C21H23N3O3S/c22-17(25)13-24-20-18(15-9-5-2-6-10-16(15)28-20)19(26)23(21(24)27)12-11-14-7-3-1-4-8-14/h1,3-4,7-8H,2,5-6,9-13H2,(H2,22,25). The number of rotatable bonds is 5. The molecule has 7 heteroatoms. The molecule has 0 aliphatic heterocycles. The molecule has 1 aromatic carbocycles. The number of benzene rings is 1. The van der Waals surface area contributed by atoms with Gasteiger partial charge in [-0.25, -0.2) is 4.79 Å². The van der Waals surface area contributed by atoms with Crippen molar-refractivity contribution in [2.45, 2.75) is 51.6 Å². The molecule has 1 amide bonds. The molecule has 2 aromatic heterocycles. The fraction of sp³-hybridized carbons (Fsp3) is 0.381. The highest BCUT2D eigenvalue weighted by atomic mass is 32.1. The number of nitrogens with two attached hydrogens (primary N) is 1. The minimum absolute atomic E-state index is 0.208. The lowest BCUT2D eigenvalue weighted by molar-refractivity contribution is -0.118. The summed E-state index contributed by atoms with van der Waals surface area (Å²) in [6.07, 6.45) is 5.61. The van der Waals surface area contributed by atoms with E-state index in [9.17, 15) is 14.4 Å². The van der Waals surface area contributed by atoms with Gasteiger partial charge in [-0.2, -0.15) is 0 Å². The van der Waals surface area contributed by atoms with Gasteiger partial charge in [0.25, 0.3) is 5.56 Å². The average molecular weight is 398 g/mol. The van der Waals surface area contributed by atoms with Gasteiger partial charge in [0.05, 0.1) is 5.39 Å². The van der Waals surface area contributed by atoms with Crippen LogP contribution >= 0.6 is 11.3 Å². The Morgan fingerprint density at radius 1 is 1.04 bits per heavy atom. The molecule has 2 N–H and O–H groups in total. The molecule has 6 nitrogen and oxygen atoms in total. The lowest BCUT2D eigenvalue weighted by Crippen LogP contribution is -2.42. The maximum Gasteiger partial charge on any atom is 0.332 e. The van der Waals surface area contributed by atoms with Gasteiger partial charge in [0.15, 0.2) is 0 Å². The molecule has 0 atom stereocenters. The molecule has 146 valence electrons. The van der Waals surface area contributed by atoms with Crippen LogP contribution in [-0.2, 0) is 37.1 Å². The second-order valence-electron chi connectivity index (χ2n) is 7.27. The second kappa shape index (κ2) is 7.75. The highest BCUT2D eigenvalue weighted by molar-refractivity contribution is 7.18. The van der Waals surface area contributed by atoms with Crippen molar-refractivity contribution in [2.75, 3.05) is 0 Å². The fourth-order valence-corrected chi connectivity index (χ4v) is 5.34. The molecular weight excluding hydrogens is 374 g/mol. The van der Waals surface area contributed by atoms with Crippen LogP contribution in [0.2, 0.25) is 0 Å². The van der Waals surface area contributed by atoms with Crippen LogP contribution < -0.4 is 17.0 Å². The zero-order valence-corrected chi connectivity index (χ0v) is 16.5. The van der Waals surface area contributed by atoms with E-state index in [0.717, 1.165) is 43.2 Å². The number of nitrogens with zero attached hydrogens (tertiary/aromatic N) is 2. The Labute approximate surface area is 166 Å². The first-order chi connectivity index (χ1) is 13.6. The van der Waals surface area contributed by atoms with Gasteiger partial charge >= 0.3 is 5.69 Å². The van der Waals surface area contributed by atoms with Crippen LogP contribution in [0.3, 0.4) is 0 Å².